The summed E-state index contributed by atoms with van der Waals surface area (Å²) in [5.74, 6) is -1.30. The molecule has 0 unspecified atom stereocenters. The van der Waals surface area contributed by atoms with Gasteiger partial charge in [0.2, 0.25) is 0 Å². The second-order valence-electron chi connectivity index (χ2n) is 3.94. The van der Waals surface area contributed by atoms with Gasteiger partial charge < -0.3 is 14.4 Å². The van der Waals surface area contributed by atoms with Crippen molar-refractivity contribution in [3.8, 4) is 0 Å². The van der Waals surface area contributed by atoms with Crippen molar-refractivity contribution in [2.24, 2.45) is 0 Å². The van der Waals surface area contributed by atoms with E-state index in [-0.39, 0.29) is 32.1 Å². The smallest absolute Gasteiger partial charge is 0.325 e. The highest BCUT2D eigenvalue weighted by atomic mass is 19.1. The molecule has 0 aliphatic carbocycles. The van der Waals surface area contributed by atoms with Crippen LogP contribution in [-0.4, -0.2) is 38.2 Å². The van der Waals surface area contributed by atoms with Crippen LogP contribution in [0.3, 0.4) is 0 Å². The Morgan fingerprint density at radius 3 is 1.85 bits per heavy atom. The molecule has 0 saturated carbocycles. The lowest BCUT2D eigenvalue weighted by Gasteiger charge is -2.22. The second kappa shape index (κ2) is 8.14. The molecule has 0 radical (unpaired) electrons. The van der Waals surface area contributed by atoms with Gasteiger partial charge in [0.05, 0.1) is 13.2 Å². The molecule has 0 atom stereocenters. The van der Waals surface area contributed by atoms with Crippen molar-refractivity contribution in [2.75, 3.05) is 31.2 Å². The molecule has 1 aromatic carbocycles. The summed E-state index contributed by atoms with van der Waals surface area (Å²) in [5, 5.41) is 0. The molecule has 0 saturated heterocycles. The molecule has 0 amide bonds. The molecule has 6 heteroatoms. The van der Waals surface area contributed by atoms with Gasteiger partial charge in [-0.25, -0.2) is 4.39 Å². The van der Waals surface area contributed by atoms with E-state index < -0.39 is 11.9 Å². The number of hydrogen-bond acceptors (Lipinski definition) is 5. The lowest BCUT2D eigenvalue weighted by Crippen LogP contribution is -2.36. The fraction of sp³-hybridized carbons (Fsp3) is 0.429. The number of nitrogens with zero attached hydrogens (tertiary/aromatic N) is 1. The Bertz CT molecular complexity index is 427. The van der Waals surface area contributed by atoms with E-state index in [1.807, 2.05) is 0 Å². The Morgan fingerprint density at radius 2 is 1.45 bits per heavy atom. The van der Waals surface area contributed by atoms with Crippen LogP contribution in [0.25, 0.3) is 0 Å². The second-order valence-corrected chi connectivity index (χ2v) is 3.94. The van der Waals surface area contributed by atoms with Crippen LogP contribution in [-0.2, 0) is 19.1 Å². The SMILES string of the molecule is CCOC(=O)CN(CC(=O)OCC)c1ccc(F)cc1. The Hall–Kier alpha value is -2.11. The van der Waals surface area contributed by atoms with Crippen molar-refractivity contribution in [2.45, 2.75) is 13.8 Å². The molecular formula is C14H18FNO4. The van der Waals surface area contributed by atoms with E-state index >= 15 is 0 Å². The number of hydrogen-bond donors (Lipinski definition) is 0. The Morgan fingerprint density at radius 1 is 1.00 bits per heavy atom. The average molecular weight is 283 g/mol. The summed E-state index contributed by atoms with van der Waals surface area (Å²) in [6, 6.07) is 5.51. The standard InChI is InChI=1S/C14H18FNO4/c1-3-19-13(17)9-16(10-14(18)20-4-2)12-7-5-11(15)6-8-12/h5-8H,3-4,9-10H2,1-2H3. The van der Waals surface area contributed by atoms with Gasteiger partial charge >= 0.3 is 11.9 Å². The van der Waals surface area contributed by atoms with Crippen LogP contribution in [0.15, 0.2) is 24.3 Å². The largest absolute Gasteiger partial charge is 0.465 e. The van der Waals surface area contributed by atoms with Crippen LogP contribution < -0.4 is 4.90 Å². The van der Waals surface area contributed by atoms with E-state index in [0.717, 1.165) is 0 Å². The maximum atomic E-state index is 12.9. The lowest BCUT2D eigenvalue weighted by atomic mass is 10.2. The van der Waals surface area contributed by atoms with Gasteiger partial charge in [-0.05, 0) is 38.1 Å². The Labute approximate surface area is 117 Å². The van der Waals surface area contributed by atoms with E-state index in [1.54, 1.807) is 13.8 Å². The van der Waals surface area contributed by atoms with E-state index in [2.05, 4.69) is 0 Å². The highest BCUT2D eigenvalue weighted by Crippen LogP contribution is 2.14. The topological polar surface area (TPSA) is 55.8 Å². The monoisotopic (exact) mass is 283 g/mol. The first-order chi connectivity index (χ1) is 9.56. The fourth-order valence-corrected chi connectivity index (χ4v) is 1.62. The van der Waals surface area contributed by atoms with Gasteiger partial charge in [0, 0.05) is 5.69 Å². The van der Waals surface area contributed by atoms with Crippen molar-refractivity contribution in [1.82, 2.24) is 0 Å². The minimum absolute atomic E-state index is 0.0989. The zero-order chi connectivity index (χ0) is 15.0. The molecule has 1 rings (SSSR count). The third-order valence-electron chi connectivity index (χ3n) is 2.44. The van der Waals surface area contributed by atoms with Crippen LogP contribution in [0, 0.1) is 5.82 Å². The van der Waals surface area contributed by atoms with E-state index in [1.165, 1.54) is 29.2 Å². The average Bonchev–Trinajstić information content (AvgIpc) is 2.39. The van der Waals surface area contributed by atoms with Crippen LogP contribution in [0.2, 0.25) is 0 Å². The van der Waals surface area contributed by atoms with Crippen molar-refractivity contribution in [3.05, 3.63) is 30.1 Å². The molecule has 1 aromatic rings. The van der Waals surface area contributed by atoms with Crippen molar-refractivity contribution in [1.29, 1.82) is 0 Å². The van der Waals surface area contributed by atoms with Gasteiger partial charge in [0.1, 0.15) is 18.9 Å². The molecule has 0 spiro atoms. The van der Waals surface area contributed by atoms with Crippen LogP contribution in [0.4, 0.5) is 10.1 Å². The first kappa shape index (κ1) is 15.9. The summed E-state index contributed by atoms with van der Waals surface area (Å²) in [4.78, 5) is 24.6. The molecule has 0 aromatic heterocycles. The molecule has 110 valence electrons. The minimum Gasteiger partial charge on any atom is -0.465 e. The molecule has 0 heterocycles. The summed E-state index contributed by atoms with van der Waals surface area (Å²) in [5.41, 5.74) is 0.549. The highest BCUT2D eigenvalue weighted by molar-refractivity contribution is 5.81. The molecule has 0 N–H and O–H groups in total. The molecule has 0 aliphatic rings. The van der Waals surface area contributed by atoms with Crippen LogP contribution in [0.5, 0.6) is 0 Å². The van der Waals surface area contributed by atoms with Crippen molar-refractivity contribution >= 4 is 17.6 Å². The maximum absolute atomic E-state index is 12.9. The zero-order valence-corrected chi connectivity index (χ0v) is 11.6. The lowest BCUT2D eigenvalue weighted by molar-refractivity contribution is -0.142. The van der Waals surface area contributed by atoms with Crippen molar-refractivity contribution in [3.63, 3.8) is 0 Å². The number of esters is 2. The summed E-state index contributed by atoms with van der Waals surface area (Å²) in [6.45, 7) is 3.72. The number of carbonyl (C=O) groups excluding carboxylic acids is 2. The Kier molecular flexibility index (Phi) is 6.49. The summed E-state index contributed by atoms with van der Waals surface area (Å²) < 4.78 is 22.6. The molecule has 5 nitrogen and oxygen atoms in total. The Balaban J connectivity index is 2.80. The fourth-order valence-electron chi connectivity index (χ4n) is 1.62. The zero-order valence-electron chi connectivity index (χ0n) is 11.6. The van der Waals surface area contributed by atoms with Gasteiger partial charge in [0.15, 0.2) is 0 Å². The number of halogens is 1. The predicted octanol–water partition coefficient (Wildman–Crippen LogP) is 1.76. The minimum atomic E-state index is -0.457. The van der Waals surface area contributed by atoms with Gasteiger partial charge in [-0.1, -0.05) is 0 Å². The number of carbonyl (C=O) groups is 2. The normalized spacial score (nSPS) is 9.95. The first-order valence-electron chi connectivity index (χ1n) is 6.38. The van der Waals surface area contributed by atoms with Crippen LogP contribution >= 0.6 is 0 Å². The van der Waals surface area contributed by atoms with Gasteiger partial charge in [-0.2, -0.15) is 0 Å². The van der Waals surface area contributed by atoms with Gasteiger partial charge in [-0.3, -0.25) is 9.59 Å². The maximum Gasteiger partial charge on any atom is 0.325 e. The molecule has 0 aliphatic heterocycles. The summed E-state index contributed by atoms with van der Waals surface area (Å²) >= 11 is 0. The number of ether oxygens (including phenoxy) is 2. The quantitative estimate of drug-likeness (QED) is 0.714. The number of anilines is 1. The number of benzene rings is 1. The van der Waals surface area contributed by atoms with E-state index in [0.29, 0.717) is 5.69 Å². The molecule has 20 heavy (non-hydrogen) atoms. The van der Waals surface area contributed by atoms with E-state index in [4.69, 9.17) is 9.47 Å². The third-order valence-corrected chi connectivity index (χ3v) is 2.44. The third kappa shape index (κ3) is 5.26. The van der Waals surface area contributed by atoms with Crippen LogP contribution in [0.1, 0.15) is 13.8 Å². The van der Waals surface area contributed by atoms with Gasteiger partial charge in [-0.15, -0.1) is 0 Å². The van der Waals surface area contributed by atoms with Crippen molar-refractivity contribution < 1.29 is 23.5 Å². The molecule has 0 fully saturated rings. The highest BCUT2D eigenvalue weighted by Gasteiger charge is 2.16. The molecular weight excluding hydrogens is 265 g/mol. The summed E-state index contributed by atoms with van der Waals surface area (Å²) in [6.07, 6.45) is 0. The predicted molar refractivity (Wildman–Crippen MR) is 71.9 cm³/mol. The first-order valence-corrected chi connectivity index (χ1v) is 6.38. The van der Waals surface area contributed by atoms with E-state index in [9.17, 15) is 14.0 Å². The number of rotatable bonds is 7. The molecule has 0 bridgehead atoms. The summed E-state index contributed by atoms with van der Waals surface area (Å²) in [7, 11) is 0. The van der Waals surface area contributed by atoms with Gasteiger partial charge in [0.25, 0.3) is 0 Å².